The highest BCUT2D eigenvalue weighted by molar-refractivity contribution is 7.80. The molecule has 1 heterocycles. The number of benzene rings is 1. The average molecular weight is 250 g/mol. The molecule has 92 valence electrons. The number of rotatable bonds is 2. The zero-order chi connectivity index (χ0) is 12.4. The van der Waals surface area contributed by atoms with Gasteiger partial charge in [0.1, 0.15) is 4.99 Å². The van der Waals surface area contributed by atoms with Crippen molar-refractivity contribution >= 4 is 22.9 Å². The summed E-state index contributed by atoms with van der Waals surface area (Å²) in [6.45, 7) is 6.64. The van der Waals surface area contributed by atoms with Crippen LogP contribution in [0.15, 0.2) is 18.2 Å². The molecule has 1 aromatic carbocycles. The highest BCUT2D eigenvalue weighted by atomic mass is 32.1. The van der Waals surface area contributed by atoms with Crippen LogP contribution in [0, 0.1) is 6.92 Å². The molecule has 0 amide bonds. The Hall–Kier alpha value is -1.13. The Kier molecular flexibility index (Phi) is 3.64. The Morgan fingerprint density at radius 2 is 2.29 bits per heavy atom. The van der Waals surface area contributed by atoms with Crippen molar-refractivity contribution in [3.8, 4) is 0 Å². The van der Waals surface area contributed by atoms with Gasteiger partial charge in [-0.25, -0.2) is 0 Å². The van der Waals surface area contributed by atoms with Crippen molar-refractivity contribution < 1.29 is 4.74 Å². The monoisotopic (exact) mass is 250 g/mol. The van der Waals surface area contributed by atoms with Crippen molar-refractivity contribution in [2.45, 2.75) is 19.9 Å². The SMILES string of the molecule is Cc1ccc(C(N)=S)c(N2CCOCC2C)c1. The number of morpholine rings is 1. The van der Waals surface area contributed by atoms with Crippen LogP contribution in [0.2, 0.25) is 0 Å². The molecule has 0 radical (unpaired) electrons. The number of aryl methyl sites for hydroxylation is 1. The van der Waals surface area contributed by atoms with Gasteiger partial charge in [-0.1, -0.05) is 18.3 Å². The van der Waals surface area contributed by atoms with E-state index in [9.17, 15) is 0 Å². The summed E-state index contributed by atoms with van der Waals surface area (Å²) in [6.07, 6.45) is 0. The van der Waals surface area contributed by atoms with Crippen LogP contribution in [0.25, 0.3) is 0 Å². The fraction of sp³-hybridized carbons (Fsp3) is 0.462. The number of nitrogens with zero attached hydrogens (tertiary/aromatic N) is 1. The van der Waals surface area contributed by atoms with E-state index in [4.69, 9.17) is 22.7 Å². The van der Waals surface area contributed by atoms with Crippen molar-refractivity contribution in [2.75, 3.05) is 24.7 Å². The van der Waals surface area contributed by atoms with Gasteiger partial charge in [-0.2, -0.15) is 0 Å². The summed E-state index contributed by atoms with van der Waals surface area (Å²) in [5, 5.41) is 0. The van der Waals surface area contributed by atoms with Crippen molar-refractivity contribution in [2.24, 2.45) is 5.73 Å². The number of hydrogen-bond acceptors (Lipinski definition) is 3. The quantitative estimate of drug-likeness (QED) is 0.813. The summed E-state index contributed by atoms with van der Waals surface area (Å²) >= 11 is 5.12. The normalized spacial score (nSPS) is 20.4. The molecule has 17 heavy (non-hydrogen) atoms. The molecule has 1 unspecified atom stereocenters. The number of hydrogen-bond donors (Lipinski definition) is 1. The van der Waals surface area contributed by atoms with E-state index < -0.39 is 0 Å². The van der Waals surface area contributed by atoms with Gasteiger partial charge in [-0.05, 0) is 31.5 Å². The highest BCUT2D eigenvalue weighted by Crippen LogP contribution is 2.25. The molecule has 0 aromatic heterocycles. The maximum absolute atomic E-state index is 5.79. The third kappa shape index (κ3) is 2.58. The van der Waals surface area contributed by atoms with Crippen LogP contribution < -0.4 is 10.6 Å². The van der Waals surface area contributed by atoms with E-state index in [1.54, 1.807) is 0 Å². The molecule has 1 aliphatic rings. The van der Waals surface area contributed by atoms with Gasteiger partial charge in [0.15, 0.2) is 0 Å². The van der Waals surface area contributed by atoms with Crippen LogP contribution in [0.3, 0.4) is 0 Å². The lowest BCUT2D eigenvalue weighted by Gasteiger charge is -2.36. The minimum absolute atomic E-state index is 0.360. The van der Waals surface area contributed by atoms with Gasteiger partial charge in [0, 0.05) is 23.8 Å². The van der Waals surface area contributed by atoms with Gasteiger partial charge in [0.2, 0.25) is 0 Å². The van der Waals surface area contributed by atoms with Crippen LogP contribution in [0.5, 0.6) is 0 Å². The predicted octanol–water partition coefficient (Wildman–Crippen LogP) is 1.85. The van der Waals surface area contributed by atoms with Crippen molar-refractivity contribution in [1.29, 1.82) is 0 Å². The Bertz CT molecular complexity index is 433. The van der Waals surface area contributed by atoms with E-state index in [2.05, 4.69) is 24.8 Å². The average Bonchev–Trinajstić information content (AvgIpc) is 2.29. The van der Waals surface area contributed by atoms with Crippen LogP contribution in [0.4, 0.5) is 5.69 Å². The minimum Gasteiger partial charge on any atom is -0.389 e. The maximum atomic E-state index is 5.79. The summed E-state index contributed by atoms with van der Waals surface area (Å²) in [6, 6.07) is 6.56. The lowest BCUT2D eigenvalue weighted by molar-refractivity contribution is 0.0989. The Morgan fingerprint density at radius 3 is 2.94 bits per heavy atom. The van der Waals surface area contributed by atoms with Gasteiger partial charge < -0.3 is 15.4 Å². The van der Waals surface area contributed by atoms with Crippen LogP contribution >= 0.6 is 12.2 Å². The summed E-state index contributed by atoms with van der Waals surface area (Å²) < 4.78 is 5.46. The second-order valence-electron chi connectivity index (χ2n) is 4.50. The Morgan fingerprint density at radius 1 is 1.53 bits per heavy atom. The van der Waals surface area contributed by atoms with Crippen LogP contribution in [-0.4, -0.2) is 30.8 Å². The van der Waals surface area contributed by atoms with Crippen molar-refractivity contribution in [3.05, 3.63) is 29.3 Å². The van der Waals surface area contributed by atoms with Crippen molar-refractivity contribution in [1.82, 2.24) is 0 Å². The molecule has 2 N–H and O–H groups in total. The lowest BCUT2D eigenvalue weighted by Crippen LogP contribution is -2.44. The number of nitrogens with two attached hydrogens (primary N) is 1. The fourth-order valence-corrected chi connectivity index (χ4v) is 2.35. The predicted molar refractivity (Wildman–Crippen MR) is 74.7 cm³/mol. The van der Waals surface area contributed by atoms with Gasteiger partial charge in [-0.3, -0.25) is 0 Å². The molecule has 0 spiro atoms. The molecule has 0 aliphatic carbocycles. The molecular weight excluding hydrogens is 232 g/mol. The summed E-state index contributed by atoms with van der Waals surface area (Å²) in [5.74, 6) is 0. The first-order chi connectivity index (χ1) is 8.09. The zero-order valence-corrected chi connectivity index (χ0v) is 11.1. The number of thiocarbonyl (C=S) groups is 1. The Labute approximate surface area is 108 Å². The van der Waals surface area contributed by atoms with Gasteiger partial charge in [0.25, 0.3) is 0 Å². The number of anilines is 1. The summed E-state index contributed by atoms with van der Waals surface area (Å²) in [4.78, 5) is 2.78. The first kappa shape index (κ1) is 12.3. The van der Waals surface area contributed by atoms with E-state index in [0.717, 1.165) is 31.0 Å². The van der Waals surface area contributed by atoms with E-state index in [0.29, 0.717) is 11.0 Å². The second-order valence-corrected chi connectivity index (χ2v) is 4.94. The molecule has 1 saturated heterocycles. The summed E-state index contributed by atoms with van der Waals surface area (Å²) in [7, 11) is 0. The van der Waals surface area contributed by atoms with Gasteiger partial charge >= 0.3 is 0 Å². The minimum atomic E-state index is 0.360. The molecule has 4 heteroatoms. The molecular formula is C13H18N2OS. The van der Waals surface area contributed by atoms with Gasteiger partial charge in [0.05, 0.1) is 13.2 Å². The Balaban J connectivity index is 2.41. The number of ether oxygens (including phenoxy) is 1. The highest BCUT2D eigenvalue weighted by Gasteiger charge is 2.22. The third-order valence-electron chi connectivity index (χ3n) is 3.10. The van der Waals surface area contributed by atoms with E-state index in [-0.39, 0.29) is 0 Å². The molecule has 1 aromatic rings. The molecule has 0 bridgehead atoms. The third-order valence-corrected chi connectivity index (χ3v) is 3.32. The van der Waals surface area contributed by atoms with Crippen LogP contribution in [-0.2, 0) is 4.74 Å². The van der Waals surface area contributed by atoms with Crippen molar-refractivity contribution in [3.63, 3.8) is 0 Å². The largest absolute Gasteiger partial charge is 0.389 e. The summed E-state index contributed by atoms with van der Waals surface area (Å²) in [5.41, 5.74) is 9.10. The van der Waals surface area contributed by atoms with Crippen LogP contribution in [0.1, 0.15) is 18.1 Å². The van der Waals surface area contributed by atoms with Gasteiger partial charge in [-0.15, -0.1) is 0 Å². The first-order valence-electron chi connectivity index (χ1n) is 5.84. The molecule has 3 nitrogen and oxygen atoms in total. The second kappa shape index (κ2) is 5.02. The molecule has 1 atom stereocenters. The lowest BCUT2D eigenvalue weighted by atomic mass is 10.1. The van der Waals surface area contributed by atoms with E-state index in [1.165, 1.54) is 5.56 Å². The smallest absolute Gasteiger partial charge is 0.106 e. The standard InChI is InChI=1S/C13H18N2OS/c1-9-3-4-11(13(14)17)12(7-9)15-5-6-16-8-10(15)2/h3-4,7,10H,5-6,8H2,1-2H3,(H2,14,17). The topological polar surface area (TPSA) is 38.5 Å². The molecule has 0 saturated carbocycles. The van der Waals surface area contributed by atoms with E-state index >= 15 is 0 Å². The molecule has 1 fully saturated rings. The van der Waals surface area contributed by atoms with E-state index in [1.807, 2.05) is 12.1 Å². The maximum Gasteiger partial charge on any atom is 0.106 e. The molecule has 1 aliphatic heterocycles. The first-order valence-corrected chi connectivity index (χ1v) is 6.25. The zero-order valence-electron chi connectivity index (χ0n) is 10.3. The fourth-order valence-electron chi connectivity index (χ4n) is 2.17. The molecule has 2 rings (SSSR count).